The maximum absolute atomic E-state index is 5.17. The highest BCUT2D eigenvalue weighted by Crippen LogP contribution is 2.27. The van der Waals surface area contributed by atoms with Gasteiger partial charge in [0.1, 0.15) is 11.5 Å². The second kappa shape index (κ2) is 8.62. The summed E-state index contributed by atoms with van der Waals surface area (Å²) in [4.78, 5) is 9.14. The summed E-state index contributed by atoms with van der Waals surface area (Å²) in [6.45, 7) is 0. The third-order valence-electron chi connectivity index (χ3n) is 3.82. The molecule has 0 aliphatic carbocycles. The highest BCUT2D eigenvalue weighted by molar-refractivity contribution is 5.86. The lowest BCUT2D eigenvalue weighted by atomic mass is 10.2. The molecular weight excluding hydrogens is 324 g/mol. The number of para-hydroxylation sites is 2. The van der Waals surface area contributed by atoms with Gasteiger partial charge < -0.3 is 9.47 Å². The van der Waals surface area contributed by atoms with Gasteiger partial charge in [-0.1, -0.05) is 12.1 Å². The van der Waals surface area contributed by atoms with E-state index in [9.17, 15) is 0 Å². The molecule has 0 aliphatic heterocycles. The monoisotopic (exact) mass is 344 g/mol. The lowest BCUT2D eigenvalue weighted by Crippen LogP contribution is -1.85. The molecule has 0 heterocycles. The predicted molar refractivity (Wildman–Crippen MR) is 107 cm³/mol. The Morgan fingerprint density at radius 2 is 0.962 bits per heavy atom. The first-order chi connectivity index (χ1) is 12.8. The lowest BCUT2D eigenvalue weighted by Gasteiger charge is -2.02. The van der Waals surface area contributed by atoms with E-state index in [0.717, 1.165) is 34.0 Å². The topological polar surface area (TPSA) is 43.2 Å². The van der Waals surface area contributed by atoms with Crippen molar-refractivity contribution < 1.29 is 9.47 Å². The summed E-state index contributed by atoms with van der Waals surface area (Å²) in [5.74, 6) is 1.65. The fourth-order valence-corrected chi connectivity index (χ4v) is 2.35. The molecular formula is C22H20N2O2. The predicted octanol–water partition coefficient (Wildman–Crippen LogP) is 5.21. The van der Waals surface area contributed by atoms with Crippen molar-refractivity contribution in [1.82, 2.24) is 0 Å². The van der Waals surface area contributed by atoms with Gasteiger partial charge in [-0.25, -0.2) is 0 Å². The number of ether oxygens (including phenoxy) is 2. The van der Waals surface area contributed by atoms with Crippen LogP contribution < -0.4 is 9.47 Å². The van der Waals surface area contributed by atoms with E-state index in [0.29, 0.717) is 0 Å². The molecule has 0 fully saturated rings. The van der Waals surface area contributed by atoms with Crippen LogP contribution in [0.3, 0.4) is 0 Å². The molecule has 0 aliphatic rings. The number of nitrogens with zero attached hydrogens (tertiary/aromatic N) is 2. The van der Waals surface area contributed by atoms with E-state index >= 15 is 0 Å². The van der Waals surface area contributed by atoms with Crippen LogP contribution in [0, 0.1) is 0 Å². The van der Waals surface area contributed by atoms with E-state index in [-0.39, 0.29) is 0 Å². The highest BCUT2D eigenvalue weighted by atomic mass is 16.5. The minimum Gasteiger partial charge on any atom is -0.497 e. The van der Waals surface area contributed by atoms with Crippen LogP contribution in [-0.4, -0.2) is 26.6 Å². The van der Waals surface area contributed by atoms with E-state index in [1.807, 2.05) is 85.2 Å². The fourth-order valence-electron chi connectivity index (χ4n) is 2.35. The zero-order valence-electron chi connectivity index (χ0n) is 14.8. The molecule has 130 valence electrons. The van der Waals surface area contributed by atoms with E-state index in [2.05, 4.69) is 9.98 Å². The Morgan fingerprint density at radius 1 is 0.577 bits per heavy atom. The van der Waals surface area contributed by atoms with Crippen LogP contribution in [0.5, 0.6) is 11.5 Å². The second-order valence-electron chi connectivity index (χ2n) is 5.55. The molecule has 3 rings (SSSR count). The molecule has 0 saturated heterocycles. The molecule has 0 bridgehead atoms. The van der Waals surface area contributed by atoms with Gasteiger partial charge in [0, 0.05) is 12.4 Å². The first-order valence-electron chi connectivity index (χ1n) is 8.24. The van der Waals surface area contributed by atoms with Crippen LogP contribution >= 0.6 is 0 Å². The summed E-state index contributed by atoms with van der Waals surface area (Å²) in [6.07, 6.45) is 3.64. The van der Waals surface area contributed by atoms with Gasteiger partial charge in [0.15, 0.2) is 0 Å². The molecule has 4 nitrogen and oxygen atoms in total. The van der Waals surface area contributed by atoms with Crippen LogP contribution in [-0.2, 0) is 0 Å². The van der Waals surface area contributed by atoms with Crippen molar-refractivity contribution >= 4 is 23.8 Å². The van der Waals surface area contributed by atoms with Crippen molar-refractivity contribution in [3.63, 3.8) is 0 Å². The molecule has 0 spiro atoms. The fraction of sp³-hybridized carbons (Fsp3) is 0.0909. The van der Waals surface area contributed by atoms with Gasteiger partial charge in [0.25, 0.3) is 0 Å². The normalized spacial score (nSPS) is 11.2. The van der Waals surface area contributed by atoms with Gasteiger partial charge in [-0.05, 0) is 71.8 Å². The van der Waals surface area contributed by atoms with Crippen molar-refractivity contribution in [2.24, 2.45) is 9.98 Å². The minimum atomic E-state index is 0.813. The molecule has 0 amide bonds. The van der Waals surface area contributed by atoms with Gasteiger partial charge in [0.05, 0.1) is 25.6 Å². The van der Waals surface area contributed by atoms with Crippen LogP contribution in [0.25, 0.3) is 0 Å². The largest absolute Gasteiger partial charge is 0.497 e. The smallest absolute Gasteiger partial charge is 0.118 e. The summed E-state index contributed by atoms with van der Waals surface area (Å²) in [6, 6.07) is 23.3. The summed E-state index contributed by atoms with van der Waals surface area (Å²) < 4.78 is 10.3. The van der Waals surface area contributed by atoms with Gasteiger partial charge in [-0.15, -0.1) is 0 Å². The first-order valence-corrected chi connectivity index (χ1v) is 8.24. The first kappa shape index (κ1) is 17.4. The molecule has 26 heavy (non-hydrogen) atoms. The zero-order valence-corrected chi connectivity index (χ0v) is 14.8. The van der Waals surface area contributed by atoms with Crippen molar-refractivity contribution in [3.8, 4) is 11.5 Å². The van der Waals surface area contributed by atoms with Gasteiger partial charge in [-0.3, -0.25) is 9.98 Å². The van der Waals surface area contributed by atoms with Crippen molar-refractivity contribution in [3.05, 3.63) is 83.9 Å². The SMILES string of the molecule is COc1ccc(C=Nc2ccccc2N=Cc2ccc(OC)cc2)cc1. The number of rotatable bonds is 6. The Kier molecular flexibility index (Phi) is 5.78. The standard InChI is InChI=1S/C22H20N2O2/c1-25-19-11-7-17(8-12-19)15-23-21-5-3-4-6-22(21)24-16-18-9-13-20(26-2)14-10-18/h3-16H,1-2H3. The van der Waals surface area contributed by atoms with E-state index < -0.39 is 0 Å². The van der Waals surface area contributed by atoms with E-state index in [4.69, 9.17) is 9.47 Å². The van der Waals surface area contributed by atoms with Crippen LogP contribution in [0.15, 0.2) is 82.8 Å². The maximum Gasteiger partial charge on any atom is 0.118 e. The average molecular weight is 344 g/mol. The molecule has 0 unspecified atom stereocenters. The molecule has 3 aromatic carbocycles. The molecule has 0 radical (unpaired) electrons. The van der Waals surface area contributed by atoms with Crippen molar-refractivity contribution in [2.45, 2.75) is 0 Å². The zero-order chi connectivity index (χ0) is 18.2. The molecule has 0 N–H and O–H groups in total. The Labute approximate surface area is 153 Å². The van der Waals surface area contributed by atoms with Gasteiger partial charge >= 0.3 is 0 Å². The summed E-state index contributed by atoms with van der Waals surface area (Å²) in [5.41, 5.74) is 3.63. The van der Waals surface area contributed by atoms with Crippen LogP contribution in [0.1, 0.15) is 11.1 Å². The number of hydrogen-bond donors (Lipinski definition) is 0. The number of hydrogen-bond acceptors (Lipinski definition) is 4. The number of benzene rings is 3. The summed E-state index contributed by atoms with van der Waals surface area (Å²) in [7, 11) is 3.31. The third kappa shape index (κ3) is 4.57. The Morgan fingerprint density at radius 3 is 1.31 bits per heavy atom. The van der Waals surface area contributed by atoms with E-state index in [1.165, 1.54) is 0 Å². The third-order valence-corrected chi connectivity index (χ3v) is 3.82. The lowest BCUT2D eigenvalue weighted by molar-refractivity contribution is 0.414. The van der Waals surface area contributed by atoms with Gasteiger partial charge in [-0.2, -0.15) is 0 Å². The van der Waals surface area contributed by atoms with Crippen molar-refractivity contribution in [2.75, 3.05) is 14.2 Å². The maximum atomic E-state index is 5.17. The summed E-state index contributed by atoms with van der Waals surface area (Å²) in [5, 5.41) is 0. The number of methoxy groups -OCH3 is 2. The minimum absolute atomic E-state index is 0.813. The van der Waals surface area contributed by atoms with Gasteiger partial charge in [0.2, 0.25) is 0 Å². The Bertz CT molecular complexity index is 822. The van der Waals surface area contributed by atoms with E-state index in [1.54, 1.807) is 14.2 Å². The van der Waals surface area contributed by atoms with Crippen LogP contribution in [0.4, 0.5) is 11.4 Å². The molecule has 4 heteroatoms. The molecule has 3 aromatic rings. The Hall–Kier alpha value is -3.40. The Balaban J connectivity index is 1.78. The highest BCUT2D eigenvalue weighted by Gasteiger charge is 1.98. The van der Waals surface area contributed by atoms with Crippen molar-refractivity contribution in [1.29, 1.82) is 0 Å². The van der Waals surface area contributed by atoms with Crippen LogP contribution in [0.2, 0.25) is 0 Å². The average Bonchev–Trinajstić information content (AvgIpc) is 2.72. The number of aliphatic imine (C=N–C) groups is 2. The summed E-state index contributed by atoms with van der Waals surface area (Å²) >= 11 is 0. The molecule has 0 atom stereocenters. The second-order valence-corrected chi connectivity index (χ2v) is 5.55. The molecule has 0 saturated carbocycles. The quantitative estimate of drug-likeness (QED) is 0.577. The molecule has 0 aromatic heterocycles.